The molecule has 1 atom stereocenters. The molecule has 1 unspecified atom stereocenters. The Morgan fingerprint density at radius 1 is 1.07 bits per heavy atom. The summed E-state index contributed by atoms with van der Waals surface area (Å²) in [6.45, 7) is 1.96. The van der Waals surface area contributed by atoms with Crippen molar-refractivity contribution in [1.29, 1.82) is 0 Å². The lowest BCUT2D eigenvalue weighted by Crippen LogP contribution is -1.98. The van der Waals surface area contributed by atoms with Crippen molar-refractivity contribution in [3.63, 3.8) is 0 Å². The second-order valence-corrected chi connectivity index (χ2v) is 5.06. The predicted molar refractivity (Wildman–Crippen MR) is 61.7 cm³/mol. The van der Waals surface area contributed by atoms with E-state index in [4.69, 9.17) is 0 Å². The van der Waals surface area contributed by atoms with Crippen molar-refractivity contribution >= 4 is 23.9 Å². The molecule has 0 saturated heterocycles. The fraction of sp³-hybridized carbons (Fsp3) is 0.167. The molecule has 0 radical (unpaired) electrons. The highest BCUT2D eigenvalue weighted by Crippen LogP contribution is 2.24. The van der Waals surface area contributed by atoms with Crippen LogP contribution in [-0.4, -0.2) is 6.16 Å². The average Bonchev–Trinajstić information content (AvgIpc) is 2.27. The molecule has 0 aromatic heterocycles. The smallest absolute Gasteiger partial charge is 0.0681 e. The van der Waals surface area contributed by atoms with Gasteiger partial charge in [-0.1, -0.05) is 34.9 Å². The molecule has 0 bridgehead atoms. The zero-order valence-electron chi connectivity index (χ0n) is 8.10. The maximum absolute atomic E-state index is 11.8. The fourth-order valence-electron chi connectivity index (χ4n) is 1.60. The third-order valence-corrected chi connectivity index (χ3v) is 3.82. The number of hydrogen-bond acceptors (Lipinski definition) is 1. The number of hydrogen-bond donors (Lipinski definition) is 0. The third-order valence-electron chi connectivity index (χ3n) is 2.32. The Hall–Kier alpha value is -1.20. The Morgan fingerprint density at radius 3 is 2.57 bits per heavy atom. The van der Waals surface area contributed by atoms with E-state index in [0.717, 1.165) is 10.7 Å². The summed E-state index contributed by atoms with van der Waals surface area (Å²) in [5, 5.41) is 3.28. The lowest BCUT2D eigenvalue weighted by molar-refractivity contribution is 0.594. The molecule has 2 rings (SSSR count). The minimum Gasteiger partial charge on any atom is -0.0681 e. The van der Waals surface area contributed by atoms with Crippen LogP contribution in [0.15, 0.2) is 42.5 Å². The Bertz CT molecular complexity index is 471. The maximum Gasteiger partial charge on any atom is 0.377 e. The second-order valence-electron chi connectivity index (χ2n) is 3.19. The number of benzene rings is 2. The van der Waals surface area contributed by atoms with Gasteiger partial charge in [0.25, 0.3) is 0 Å². The lowest BCUT2D eigenvalue weighted by Gasteiger charge is -1.96. The van der Waals surface area contributed by atoms with E-state index in [9.17, 15) is 4.57 Å². The largest absolute Gasteiger partial charge is 0.377 e. The van der Waals surface area contributed by atoms with E-state index in [1.807, 2.05) is 37.3 Å². The normalized spacial score (nSPS) is 11.6. The van der Waals surface area contributed by atoms with Crippen molar-refractivity contribution in [2.75, 3.05) is 6.16 Å². The van der Waals surface area contributed by atoms with Crippen LogP contribution in [0.25, 0.3) is 10.8 Å². The molecule has 0 fully saturated rings. The van der Waals surface area contributed by atoms with Gasteiger partial charge in [-0.2, -0.15) is 0 Å². The Balaban J connectivity index is 2.71. The second kappa shape index (κ2) is 3.89. The molecule has 0 amide bonds. The molecule has 2 heteroatoms. The van der Waals surface area contributed by atoms with E-state index >= 15 is 0 Å². The van der Waals surface area contributed by atoms with Crippen LogP contribution in [0.2, 0.25) is 0 Å². The van der Waals surface area contributed by atoms with Crippen LogP contribution >= 0.6 is 7.80 Å². The van der Waals surface area contributed by atoms with Gasteiger partial charge in [0.1, 0.15) is 6.16 Å². The SMILES string of the molecule is CC[P+](=O)c1cccc2ccccc12. The third kappa shape index (κ3) is 1.56. The van der Waals surface area contributed by atoms with Crippen molar-refractivity contribution in [3.8, 4) is 0 Å². The number of rotatable bonds is 2. The van der Waals surface area contributed by atoms with Crippen molar-refractivity contribution in [2.45, 2.75) is 6.92 Å². The van der Waals surface area contributed by atoms with Gasteiger partial charge in [-0.3, -0.25) is 0 Å². The van der Waals surface area contributed by atoms with Gasteiger partial charge in [-0.05, 0) is 24.4 Å². The predicted octanol–water partition coefficient (Wildman–Crippen LogP) is 3.31. The quantitative estimate of drug-likeness (QED) is 0.684. The van der Waals surface area contributed by atoms with Crippen LogP contribution < -0.4 is 5.30 Å². The topological polar surface area (TPSA) is 17.1 Å². The molecule has 0 aliphatic rings. The first-order valence-electron chi connectivity index (χ1n) is 4.75. The first-order valence-corrected chi connectivity index (χ1v) is 6.20. The zero-order valence-corrected chi connectivity index (χ0v) is 9.00. The van der Waals surface area contributed by atoms with Gasteiger partial charge in [-0.15, -0.1) is 0 Å². The molecule has 70 valence electrons. The zero-order chi connectivity index (χ0) is 9.97. The van der Waals surface area contributed by atoms with E-state index in [-0.39, 0.29) is 0 Å². The molecule has 0 N–H and O–H groups in total. The summed E-state index contributed by atoms with van der Waals surface area (Å²) in [6, 6.07) is 14.1. The maximum atomic E-state index is 11.8. The van der Waals surface area contributed by atoms with E-state index in [2.05, 4.69) is 12.1 Å². The van der Waals surface area contributed by atoms with Crippen molar-refractivity contribution in [2.24, 2.45) is 0 Å². The Kier molecular flexibility index (Phi) is 2.60. The average molecular weight is 203 g/mol. The molecule has 0 heterocycles. The van der Waals surface area contributed by atoms with Crippen molar-refractivity contribution < 1.29 is 4.57 Å². The summed E-state index contributed by atoms with van der Waals surface area (Å²) >= 11 is 0. The lowest BCUT2D eigenvalue weighted by atomic mass is 10.1. The molecule has 1 nitrogen and oxygen atoms in total. The molecule has 0 spiro atoms. The summed E-state index contributed by atoms with van der Waals surface area (Å²) < 4.78 is 11.8. The minimum atomic E-state index is -1.22. The van der Waals surface area contributed by atoms with Gasteiger partial charge in [-0.25, -0.2) is 0 Å². The summed E-state index contributed by atoms with van der Waals surface area (Å²) in [7, 11) is -1.22. The van der Waals surface area contributed by atoms with Gasteiger partial charge in [0.2, 0.25) is 0 Å². The summed E-state index contributed by atoms with van der Waals surface area (Å²) in [5.74, 6) is 0. The molecular formula is C12H12OP+. The van der Waals surface area contributed by atoms with Crippen LogP contribution in [0.5, 0.6) is 0 Å². The summed E-state index contributed by atoms with van der Waals surface area (Å²) in [5.41, 5.74) is 0. The molecule has 0 aliphatic heterocycles. The Labute approximate surface area is 84.5 Å². The molecule has 14 heavy (non-hydrogen) atoms. The van der Waals surface area contributed by atoms with Crippen LogP contribution in [-0.2, 0) is 4.57 Å². The molecule has 0 aliphatic carbocycles. The number of fused-ring (bicyclic) bond motifs is 1. The van der Waals surface area contributed by atoms with E-state index < -0.39 is 7.80 Å². The highest BCUT2D eigenvalue weighted by molar-refractivity contribution is 7.54. The van der Waals surface area contributed by atoms with Crippen LogP contribution in [0, 0.1) is 0 Å². The molecule has 2 aromatic carbocycles. The van der Waals surface area contributed by atoms with Gasteiger partial charge < -0.3 is 0 Å². The van der Waals surface area contributed by atoms with Crippen molar-refractivity contribution in [1.82, 2.24) is 0 Å². The van der Waals surface area contributed by atoms with E-state index in [1.54, 1.807) is 0 Å². The fourth-order valence-corrected chi connectivity index (χ4v) is 2.66. The summed E-state index contributed by atoms with van der Waals surface area (Å²) in [4.78, 5) is 0. The van der Waals surface area contributed by atoms with E-state index in [0.29, 0.717) is 6.16 Å². The summed E-state index contributed by atoms with van der Waals surface area (Å²) in [6.07, 6.45) is 0.712. The van der Waals surface area contributed by atoms with Crippen LogP contribution in [0.4, 0.5) is 0 Å². The van der Waals surface area contributed by atoms with Gasteiger partial charge in [0, 0.05) is 5.39 Å². The molecular weight excluding hydrogens is 191 g/mol. The Morgan fingerprint density at radius 2 is 1.79 bits per heavy atom. The monoisotopic (exact) mass is 203 g/mol. The van der Waals surface area contributed by atoms with Gasteiger partial charge in [0.15, 0.2) is 5.30 Å². The van der Waals surface area contributed by atoms with Crippen LogP contribution in [0.3, 0.4) is 0 Å². The highest BCUT2D eigenvalue weighted by atomic mass is 31.1. The van der Waals surface area contributed by atoms with Crippen LogP contribution in [0.1, 0.15) is 6.92 Å². The first-order chi connectivity index (χ1) is 6.83. The van der Waals surface area contributed by atoms with Crippen molar-refractivity contribution in [3.05, 3.63) is 42.5 Å². The minimum absolute atomic E-state index is 0.712. The van der Waals surface area contributed by atoms with Gasteiger partial charge >= 0.3 is 7.80 Å². The standard InChI is InChI=1S/C12H12OP/c1-2-14(13)12-9-5-7-10-6-3-4-8-11(10)12/h3-9H,2H2,1H3/q+1. The molecule has 2 aromatic rings. The highest BCUT2D eigenvalue weighted by Gasteiger charge is 2.18. The first kappa shape index (κ1) is 9.36. The van der Waals surface area contributed by atoms with Gasteiger partial charge in [0.05, 0.1) is 0 Å². The molecule has 0 saturated carbocycles. The van der Waals surface area contributed by atoms with E-state index in [1.165, 1.54) is 5.39 Å².